The van der Waals surface area contributed by atoms with E-state index in [1.807, 2.05) is 42.5 Å². The lowest BCUT2D eigenvalue weighted by molar-refractivity contribution is -0.0226. The van der Waals surface area contributed by atoms with E-state index in [2.05, 4.69) is 18.1 Å². The largest absolute Gasteiger partial charge is 0.508 e. The standard InChI is InChI=1S/C18H24O2.C13H12N2O2/c1-18-9-8-14-13-5-3-12(19)10-11(13)2-4-15(14)16(18)6-7-17(18)20;1-9(16)11-8-12(17)15(2)14-13(11)10-6-4-3-5-7-10/h3,5,10,14-17,19-20H,2,4,6-9H2,1H3;3-8H,1-2H3/t14-,15-,16+,17+,18+;/m1./s1. The molecule has 2 aromatic carbocycles. The summed E-state index contributed by atoms with van der Waals surface area (Å²) in [7, 11) is 1.57. The van der Waals surface area contributed by atoms with E-state index >= 15 is 0 Å². The number of phenols is 1. The summed E-state index contributed by atoms with van der Waals surface area (Å²) in [4.78, 5) is 23.0. The van der Waals surface area contributed by atoms with E-state index in [9.17, 15) is 19.8 Å². The Labute approximate surface area is 218 Å². The molecule has 6 rings (SSSR count). The summed E-state index contributed by atoms with van der Waals surface area (Å²) < 4.78 is 1.23. The van der Waals surface area contributed by atoms with E-state index in [-0.39, 0.29) is 22.9 Å². The predicted molar refractivity (Wildman–Crippen MR) is 144 cm³/mol. The van der Waals surface area contributed by atoms with E-state index in [0.717, 1.165) is 30.7 Å². The number of aryl methyl sites for hydroxylation is 2. The maximum Gasteiger partial charge on any atom is 0.267 e. The molecule has 0 amide bonds. The monoisotopic (exact) mass is 500 g/mol. The average molecular weight is 501 g/mol. The molecule has 0 spiro atoms. The lowest BCUT2D eigenvalue weighted by Crippen LogP contribution is -2.43. The van der Waals surface area contributed by atoms with E-state index in [1.54, 1.807) is 7.05 Å². The topological polar surface area (TPSA) is 92.4 Å². The number of benzene rings is 2. The highest BCUT2D eigenvalue weighted by Crippen LogP contribution is 2.60. The Balaban J connectivity index is 0.000000154. The van der Waals surface area contributed by atoms with Crippen LogP contribution in [0.25, 0.3) is 11.3 Å². The van der Waals surface area contributed by atoms with Crippen molar-refractivity contribution >= 4 is 5.78 Å². The van der Waals surface area contributed by atoms with Gasteiger partial charge in [0.25, 0.3) is 5.56 Å². The molecule has 1 heterocycles. The fraction of sp³-hybridized carbons (Fsp3) is 0.452. The van der Waals surface area contributed by atoms with Gasteiger partial charge in [-0.25, -0.2) is 4.68 Å². The van der Waals surface area contributed by atoms with Crippen LogP contribution in [-0.2, 0) is 13.5 Å². The Kier molecular flexibility index (Phi) is 6.80. The smallest absolute Gasteiger partial charge is 0.267 e. The predicted octanol–water partition coefficient (Wildman–Crippen LogP) is 5.26. The molecule has 0 bridgehead atoms. The molecule has 3 aliphatic rings. The van der Waals surface area contributed by atoms with Crippen molar-refractivity contribution in [2.75, 3.05) is 0 Å². The SMILES string of the molecule is CC(=O)c1cc(=O)n(C)nc1-c1ccccc1.C[C@]12CC[C@@H]3c4ccc(O)cc4CC[C@H]3[C@@H]1CC[C@@H]2O. The van der Waals surface area contributed by atoms with E-state index < -0.39 is 0 Å². The minimum absolute atomic E-state index is 0.0883. The molecule has 5 atom stereocenters. The molecule has 6 heteroatoms. The molecule has 194 valence electrons. The molecule has 0 aliphatic heterocycles. The first-order valence-electron chi connectivity index (χ1n) is 13.3. The number of aliphatic hydroxyl groups excluding tert-OH is 1. The van der Waals surface area contributed by atoms with Gasteiger partial charge in [-0.3, -0.25) is 9.59 Å². The zero-order chi connectivity index (χ0) is 26.3. The second-order valence-electron chi connectivity index (χ2n) is 11.2. The highest BCUT2D eigenvalue weighted by Gasteiger charge is 2.54. The van der Waals surface area contributed by atoms with E-state index in [4.69, 9.17) is 0 Å². The molecular weight excluding hydrogens is 464 g/mol. The van der Waals surface area contributed by atoms with Crippen LogP contribution in [0.5, 0.6) is 5.75 Å². The first-order valence-corrected chi connectivity index (χ1v) is 13.3. The maximum absolute atomic E-state index is 11.5. The van der Waals surface area contributed by atoms with Crippen LogP contribution in [0, 0.1) is 17.3 Å². The fourth-order valence-corrected chi connectivity index (χ4v) is 7.16. The van der Waals surface area contributed by atoms with Gasteiger partial charge in [0.05, 0.1) is 11.7 Å². The normalized spacial score (nSPS) is 27.8. The Hall–Kier alpha value is -3.25. The zero-order valence-corrected chi connectivity index (χ0v) is 21.9. The average Bonchev–Trinajstić information content (AvgIpc) is 3.20. The number of aromatic nitrogens is 2. The van der Waals surface area contributed by atoms with Crippen molar-refractivity contribution in [1.29, 1.82) is 0 Å². The van der Waals surface area contributed by atoms with Crippen LogP contribution in [-0.4, -0.2) is 31.9 Å². The zero-order valence-electron chi connectivity index (χ0n) is 21.9. The van der Waals surface area contributed by atoms with Crippen LogP contribution in [0.3, 0.4) is 0 Å². The van der Waals surface area contributed by atoms with Crippen molar-refractivity contribution in [2.24, 2.45) is 24.3 Å². The van der Waals surface area contributed by atoms with Crippen LogP contribution in [0.4, 0.5) is 0 Å². The molecule has 0 unspecified atom stereocenters. The summed E-state index contributed by atoms with van der Waals surface area (Å²) in [6.07, 6.45) is 6.78. The molecule has 2 N–H and O–H groups in total. The number of Topliss-reactive ketones (excluding diaryl/α,β-unsaturated/α-hetero) is 1. The number of aliphatic hydroxyl groups is 1. The van der Waals surface area contributed by atoms with Gasteiger partial charge in [-0.2, -0.15) is 5.10 Å². The number of hydrogen-bond acceptors (Lipinski definition) is 5. The summed E-state index contributed by atoms with van der Waals surface area (Å²) in [5.74, 6) is 2.33. The first kappa shape index (κ1) is 25.4. The number of aromatic hydroxyl groups is 1. The van der Waals surface area contributed by atoms with Gasteiger partial charge in [-0.05, 0) is 91.9 Å². The number of ketones is 1. The molecule has 1 aromatic heterocycles. The van der Waals surface area contributed by atoms with E-state index in [0.29, 0.717) is 28.8 Å². The Bertz CT molecular complexity index is 1370. The summed E-state index contributed by atoms with van der Waals surface area (Å²) in [5.41, 5.74) is 4.44. The number of rotatable bonds is 2. The molecule has 3 aromatic rings. The van der Waals surface area contributed by atoms with Crippen LogP contribution >= 0.6 is 0 Å². The highest BCUT2D eigenvalue weighted by atomic mass is 16.3. The lowest BCUT2D eigenvalue weighted by Gasteiger charge is -2.50. The van der Waals surface area contributed by atoms with Gasteiger partial charge in [0, 0.05) is 18.7 Å². The van der Waals surface area contributed by atoms with Crippen molar-refractivity contribution in [1.82, 2.24) is 9.78 Å². The van der Waals surface area contributed by atoms with Crippen molar-refractivity contribution in [3.63, 3.8) is 0 Å². The highest BCUT2D eigenvalue weighted by molar-refractivity contribution is 5.99. The van der Waals surface area contributed by atoms with Crippen molar-refractivity contribution in [3.8, 4) is 17.0 Å². The van der Waals surface area contributed by atoms with Crippen LogP contribution < -0.4 is 5.56 Å². The molecule has 3 aliphatic carbocycles. The van der Waals surface area contributed by atoms with Crippen LogP contribution in [0.1, 0.15) is 73.4 Å². The number of hydrogen-bond donors (Lipinski definition) is 2. The van der Waals surface area contributed by atoms with Gasteiger partial charge in [-0.1, -0.05) is 43.3 Å². The Morgan fingerprint density at radius 2 is 1.81 bits per heavy atom. The Morgan fingerprint density at radius 1 is 1.05 bits per heavy atom. The van der Waals surface area contributed by atoms with Gasteiger partial charge in [0.1, 0.15) is 11.4 Å². The molecule has 6 nitrogen and oxygen atoms in total. The third-order valence-electron chi connectivity index (χ3n) is 9.18. The summed E-state index contributed by atoms with van der Waals surface area (Å²) in [6.45, 7) is 3.75. The number of nitrogens with zero attached hydrogens (tertiary/aromatic N) is 2. The van der Waals surface area contributed by atoms with Gasteiger partial charge in [-0.15, -0.1) is 0 Å². The van der Waals surface area contributed by atoms with Crippen LogP contribution in [0.15, 0.2) is 59.4 Å². The quantitative estimate of drug-likeness (QED) is 0.469. The van der Waals surface area contributed by atoms with Gasteiger partial charge in [0.2, 0.25) is 0 Å². The van der Waals surface area contributed by atoms with Crippen molar-refractivity contribution in [2.45, 2.75) is 64.4 Å². The maximum atomic E-state index is 11.5. The lowest BCUT2D eigenvalue weighted by atomic mass is 9.55. The number of phenolic OH excluding ortho intramolecular Hbond substituents is 1. The van der Waals surface area contributed by atoms with Gasteiger partial charge >= 0.3 is 0 Å². The molecule has 0 saturated heterocycles. The first-order chi connectivity index (χ1) is 17.7. The number of fused-ring (bicyclic) bond motifs is 5. The van der Waals surface area contributed by atoms with Gasteiger partial charge < -0.3 is 10.2 Å². The summed E-state index contributed by atoms with van der Waals surface area (Å²) in [5, 5.41) is 24.2. The summed E-state index contributed by atoms with van der Waals surface area (Å²) >= 11 is 0. The van der Waals surface area contributed by atoms with E-state index in [1.165, 1.54) is 48.1 Å². The number of carbonyl (C=O) groups excluding carboxylic acids is 1. The second kappa shape index (κ2) is 9.90. The minimum atomic E-state index is -0.283. The number of carbonyl (C=O) groups is 1. The Morgan fingerprint density at radius 3 is 2.54 bits per heavy atom. The van der Waals surface area contributed by atoms with Crippen LogP contribution in [0.2, 0.25) is 0 Å². The van der Waals surface area contributed by atoms with Crippen molar-refractivity contribution in [3.05, 3.63) is 81.6 Å². The third kappa shape index (κ3) is 4.63. The molecule has 2 saturated carbocycles. The third-order valence-corrected chi connectivity index (χ3v) is 9.18. The van der Waals surface area contributed by atoms with Gasteiger partial charge in [0.15, 0.2) is 5.78 Å². The summed E-state index contributed by atoms with van der Waals surface area (Å²) in [6, 6.07) is 16.6. The molecule has 37 heavy (non-hydrogen) atoms. The minimum Gasteiger partial charge on any atom is -0.508 e. The van der Waals surface area contributed by atoms with Crippen molar-refractivity contribution < 1.29 is 15.0 Å². The second-order valence-corrected chi connectivity index (χ2v) is 11.2. The molecule has 0 radical (unpaired) electrons. The fourth-order valence-electron chi connectivity index (χ4n) is 7.16. The molecule has 2 fully saturated rings. The molecular formula is C31H36N2O4.